The summed E-state index contributed by atoms with van der Waals surface area (Å²) in [6.07, 6.45) is 0. The lowest BCUT2D eigenvalue weighted by molar-refractivity contribution is 0.481. The van der Waals surface area contributed by atoms with Crippen LogP contribution in [0.5, 0.6) is 0 Å². The zero-order valence-corrected chi connectivity index (χ0v) is 21.5. The van der Waals surface area contributed by atoms with Crippen molar-refractivity contribution >= 4 is 63.3 Å². The Hall–Kier alpha value is -2.44. The summed E-state index contributed by atoms with van der Waals surface area (Å²) in [5, 5.41) is 8.74. The van der Waals surface area contributed by atoms with Gasteiger partial charge in [-0.1, -0.05) is 22.7 Å². The van der Waals surface area contributed by atoms with E-state index in [0.717, 1.165) is 11.0 Å². The van der Waals surface area contributed by atoms with Crippen LogP contribution in [0, 0.1) is 0 Å². The Morgan fingerprint density at radius 2 is 1.09 bits per heavy atom. The third-order valence-corrected chi connectivity index (χ3v) is 8.52. The van der Waals surface area contributed by atoms with Gasteiger partial charge in [-0.05, 0) is 50.2 Å². The molecule has 2 aromatic carbocycles. The lowest BCUT2D eigenvalue weighted by atomic mass is 10.3. The zero-order valence-electron chi connectivity index (χ0n) is 18.2. The summed E-state index contributed by atoms with van der Waals surface area (Å²) >= 11 is 2.47. The highest BCUT2D eigenvalue weighted by Crippen LogP contribution is 2.23. The molecule has 0 saturated carbocycles. The minimum Gasteiger partial charge on any atom is -0.344 e. The Labute approximate surface area is 203 Å². The van der Waals surface area contributed by atoms with Crippen LogP contribution in [0.2, 0.25) is 0 Å². The number of aryl methyl sites for hydroxylation is 2. The first kappa shape index (κ1) is 27.8. The summed E-state index contributed by atoms with van der Waals surface area (Å²) < 4.78 is 69.4. The maximum Gasteiger partial charge on any atom is 0.294 e. The third-order valence-electron chi connectivity index (χ3n) is 4.76. The van der Waals surface area contributed by atoms with Crippen LogP contribution in [0.3, 0.4) is 0 Å². The van der Waals surface area contributed by atoms with Crippen molar-refractivity contribution in [2.24, 2.45) is 10.2 Å². The average molecular weight is 549 g/mol. The number of hydrogen-bond donors (Lipinski definition) is 4. The van der Waals surface area contributed by atoms with Crippen LogP contribution >= 0.6 is 22.7 Å². The summed E-state index contributed by atoms with van der Waals surface area (Å²) in [5.74, 6) is 0. The molecule has 8 N–H and O–H groups in total. The van der Waals surface area contributed by atoms with Crippen molar-refractivity contribution in [2.75, 3.05) is 0 Å². The zero-order chi connectivity index (χ0) is 23.3. The van der Waals surface area contributed by atoms with Crippen LogP contribution in [0.15, 0.2) is 56.4 Å². The molecule has 0 aliphatic carbocycles. The van der Waals surface area contributed by atoms with Gasteiger partial charge in [0.15, 0.2) is 0 Å². The highest BCUT2D eigenvalue weighted by atomic mass is 32.2. The average Bonchev–Trinajstić information content (AvgIpc) is 3.26. The standard InChI is InChI=1S/C18H18N4O6S4.2H3N/c1-3-21-13-7-5-11(31(23,24)25)9-15(13)29-17(21)19-20-18-22(4-2)14-8-6-12(32(26,27)28)10-16(14)30-18;;/h5-10H,3-4H2,1-2H3,(H,23,24,25)(H,26,27,28);2*1H3/b19-17-,20-18?;;. The van der Waals surface area contributed by atoms with Crippen molar-refractivity contribution in [3.05, 3.63) is 46.0 Å². The molecule has 34 heavy (non-hydrogen) atoms. The molecule has 186 valence electrons. The summed E-state index contributed by atoms with van der Waals surface area (Å²) in [6.45, 7) is 4.98. The Balaban J connectivity index is 0.00000204. The molecule has 0 saturated heterocycles. The van der Waals surface area contributed by atoms with Crippen LogP contribution in [-0.4, -0.2) is 35.1 Å². The highest BCUT2D eigenvalue weighted by molar-refractivity contribution is 7.86. The van der Waals surface area contributed by atoms with Crippen LogP contribution < -0.4 is 21.9 Å². The first-order valence-electron chi connectivity index (χ1n) is 9.32. The first-order chi connectivity index (χ1) is 15.0. The van der Waals surface area contributed by atoms with Gasteiger partial charge in [-0.15, -0.1) is 10.2 Å². The van der Waals surface area contributed by atoms with Gasteiger partial charge in [0, 0.05) is 13.1 Å². The Bertz CT molecular complexity index is 1580. The molecule has 0 aliphatic rings. The fraction of sp³-hybridized carbons (Fsp3) is 0.222. The van der Waals surface area contributed by atoms with E-state index in [-0.39, 0.29) is 22.1 Å². The molecule has 2 heterocycles. The minimum absolute atomic E-state index is 0. The van der Waals surface area contributed by atoms with E-state index in [0.29, 0.717) is 32.1 Å². The molecule has 4 aromatic rings. The molecule has 2 aromatic heterocycles. The molecule has 12 nitrogen and oxygen atoms in total. The Morgan fingerprint density at radius 1 is 0.735 bits per heavy atom. The van der Waals surface area contributed by atoms with E-state index in [1.165, 1.54) is 46.9 Å². The normalized spacial score (nSPS) is 13.3. The van der Waals surface area contributed by atoms with Gasteiger partial charge in [-0.2, -0.15) is 16.8 Å². The maximum absolute atomic E-state index is 11.4. The predicted molar refractivity (Wildman–Crippen MR) is 132 cm³/mol. The van der Waals surface area contributed by atoms with Gasteiger partial charge < -0.3 is 21.4 Å². The van der Waals surface area contributed by atoms with Crippen LogP contribution in [0.1, 0.15) is 13.8 Å². The molecule has 16 heteroatoms. The number of benzene rings is 2. The Morgan fingerprint density at radius 3 is 1.38 bits per heavy atom. The third kappa shape index (κ3) is 5.13. The summed E-state index contributed by atoms with van der Waals surface area (Å²) in [4.78, 5) is 0.685. The minimum atomic E-state index is -4.32. The molecule has 0 spiro atoms. The van der Waals surface area contributed by atoms with E-state index in [9.17, 15) is 25.9 Å². The van der Waals surface area contributed by atoms with Gasteiger partial charge in [0.05, 0.1) is 30.2 Å². The maximum atomic E-state index is 11.4. The lowest BCUT2D eigenvalue weighted by Gasteiger charge is -2.01. The van der Waals surface area contributed by atoms with Crippen molar-refractivity contribution in [1.82, 2.24) is 21.4 Å². The quantitative estimate of drug-likeness (QED) is 0.214. The smallest absolute Gasteiger partial charge is 0.294 e. The second-order valence-electron chi connectivity index (χ2n) is 6.67. The van der Waals surface area contributed by atoms with Crippen molar-refractivity contribution in [2.45, 2.75) is 36.7 Å². The molecule has 0 radical (unpaired) electrons. The Kier molecular flexibility index (Phi) is 8.21. The van der Waals surface area contributed by atoms with Gasteiger partial charge >= 0.3 is 0 Å². The SMILES string of the molecule is CCn1c(=N/N=c2\sc3cc(S(=O)(=O)O)ccc3n2CC)sc2cc(S(=O)(=O)O)ccc21.N.N. The highest BCUT2D eigenvalue weighted by Gasteiger charge is 2.14. The van der Waals surface area contributed by atoms with Crippen LogP contribution in [0.25, 0.3) is 20.4 Å². The van der Waals surface area contributed by atoms with E-state index in [2.05, 4.69) is 10.2 Å². The lowest BCUT2D eigenvalue weighted by Crippen LogP contribution is -2.16. The van der Waals surface area contributed by atoms with E-state index >= 15 is 0 Å². The molecule has 0 unspecified atom stereocenters. The molecule has 0 bridgehead atoms. The monoisotopic (exact) mass is 548 g/mol. The second-order valence-corrected chi connectivity index (χ2v) is 11.5. The molecule has 0 aliphatic heterocycles. The van der Waals surface area contributed by atoms with Crippen molar-refractivity contribution in [1.29, 1.82) is 0 Å². The number of aromatic nitrogens is 2. The molecular weight excluding hydrogens is 525 g/mol. The number of nitrogens with zero attached hydrogens (tertiary/aromatic N) is 4. The number of hydrogen-bond acceptors (Lipinski definition) is 10. The second kappa shape index (κ2) is 10.0. The van der Waals surface area contributed by atoms with Crippen LogP contribution in [-0.2, 0) is 33.3 Å². The van der Waals surface area contributed by atoms with Crippen molar-refractivity contribution in [3.8, 4) is 0 Å². The van der Waals surface area contributed by atoms with E-state index < -0.39 is 20.2 Å². The van der Waals surface area contributed by atoms with E-state index in [1.54, 1.807) is 12.1 Å². The van der Waals surface area contributed by atoms with Gasteiger partial charge in [-0.25, -0.2) is 0 Å². The molecular formula is C18H24N6O6S4. The summed E-state index contributed by atoms with van der Waals surface area (Å²) in [6, 6.07) is 8.68. The van der Waals surface area contributed by atoms with Gasteiger partial charge in [-0.3, -0.25) is 9.11 Å². The van der Waals surface area contributed by atoms with Gasteiger partial charge in [0.1, 0.15) is 0 Å². The number of fused-ring (bicyclic) bond motifs is 2. The first-order valence-corrected chi connectivity index (χ1v) is 13.8. The fourth-order valence-electron chi connectivity index (χ4n) is 3.28. The number of thiazole rings is 2. The summed E-state index contributed by atoms with van der Waals surface area (Å²) in [5.41, 5.74) is 1.52. The number of rotatable bonds is 5. The molecule has 0 amide bonds. The van der Waals surface area contributed by atoms with Gasteiger partial charge in [0.2, 0.25) is 9.60 Å². The molecule has 0 atom stereocenters. The fourth-order valence-corrected chi connectivity index (χ4v) is 6.61. The molecule has 4 rings (SSSR count). The topological polar surface area (TPSA) is 213 Å². The van der Waals surface area contributed by atoms with E-state index in [4.69, 9.17) is 0 Å². The summed E-state index contributed by atoms with van der Waals surface area (Å²) in [7, 11) is -8.63. The van der Waals surface area contributed by atoms with Crippen LogP contribution in [0.4, 0.5) is 0 Å². The predicted octanol–water partition coefficient (Wildman–Crippen LogP) is 2.99. The largest absolute Gasteiger partial charge is 0.344 e. The van der Waals surface area contributed by atoms with Gasteiger partial charge in [0.25, 0.3) is 20.2 Å². The molecule has 0 fully saturated rings. The van der Waals surface area contributed by atoms with E-state index in [1.807, 2.05) is 23.0 Å². The van der Waals surface area contributed by atoms with Crippen molar-refractivity contribution in [3.63, 3.8) is 0 Å². The van der Waals surface area contributed by atoms with Crippen molar-refractivity contribution < 1.29 is 25.9 Å².